The number of carbonyl (C=O) groups is 1. The van der Waals surface area contributed by atoms with Crippen LogP contribution in [0.1, 0.15) is 44.7 Å². The number of aromatic hydroxyl groups is 1. The number of carboxylic acid groups (broad SMARTS) is 1. The first-order valence-electron chi connectivity index (χ1n) is 5.95. The Morgan fingerprint density at radius 1 is 1.33 bits per heavy atom. The van der Waals surface area contributed by atoms with Gasteiger partial charge in [-0.05, 0) is 36.0 Å². The quantitative estimate of drug-likeness (QED) is 0.876. The second-order valence-electron chi connectivity index (χ2n) is 5.46. The van der Waals surface area contributed by atoms with E-state index in [4.69, 9.17) is 16.7 Å². The second-order valence-corrected chi connectivity index (χ2v) is 5.89. The van der Waals surface area contributed by atoms with Crippen LogP contribution in [0.15, 0.2) is 12.1 Å². The van der Waals surface area contributed by atoms with Gasteiger partial charge in [0.25, 0.3) is 0 Å². The third-order valence-corrected chi connectivity index (χ3v) is 3.02. The summed E-state index contributed by atoms with van der Waals surface area (Å²) in [5.74, 6) is -0.593. The Morgan fingerprint density at radius 3 is 2.44 bits per heavy atom. The standard InChI is InChI=1S/C14H19ClO3/c1-14(2,3)11-8-10(15)7-9(13(11)18)5-4-6-12(16)17/h7-8,18H,4-6H2,1-3H3,(H,16,17). The number of phenolic OH excluding ortho intramolecular Hbond substituents is 1. The Kier molecular flexibility index (Phi) is 4.63. The van der Waals surface area contributed by atoms with Crippen molar-refractivity contribution in [3.8, 4) is 5.75 Å². The van der Waals surface area contributed by atoms with Crippen LogP contribution < -0.4 is 0 Å². The van der Waals surface area contributed by atoms with Gasteiger partial charge in [0.2, 0.25) is 0 Å². The van der Waals surface area contributed by atoms with Gasteiger partial charge in [-0.3, -0.25) is 4.79 Å². The molecule has 1 aromatic rings. The van der Waals surface area contributed by atoms with E-state index in [1.54, 1.807) is 12.1 Å². The van der Waals surface area contributed by atoms with E-state index in [0.29, 0.717) is 23.4 Å². The van der Waals surface area contributed by atoms with Crippen molar-refractivity contribution in [2.45, 2.75) is 45.4 Å². The maximum Gasteiger partial charge on any atom is 0.303 e. The molecule has 0 saturated carbocycles. The van der Waals surface area contributed by atoms with Gasteiger partial charge in [-0.1, -0.05) is 32.4 Å². The number of carboxylic acids is 1. The summed E-state index contributed by atoms with van der Waals surface area (Å²) in [6.07, 6.45) is 1.10. The van der Waals surface area contributed by atoms with Crippen LogP contribution >= 0.6 is 11.6 Å². The van der Waals surface area contributed by atoms with E-state index in [-0.39, 0.29) is 17.6 Å². The number of phenols is 1. The normalized spacial score (nSPS) is 11.6. The first-order valence-corrected chi connectivity index (χ1v) is 6.33. The fraction of sp³-hybridized carbons (Fsp3) is 0.500. The molecule has 0 amide bonds. The second kappa shape index (κ2) is 5.61. The molecule has 0 heterocycles. The van der Waals surface area contributed by atoms with Gasteiger partial charge >= 0.3 is 5.97 Å². The highest BCUT2D eigenvalue weighted by molar-refractivity contribution is 6.30. The topological polar surface area (TPSA) is 57.5 Å². The molecule has 0 bridgehead atoms. The van der Waals surface area contributed by atoms with Crippen LogP contribution in [0.5, 0.6) is 5.75 Å². The summed E-state index contributed by atoms with van der Waals surface area (Å²) in [5, 5.41) is 19.4. The highest BCUT2D eigenvalue weighted by atomic mass is 35.5. The molecule has 4 heteroatoms. The first kappa shape index (κ1) is 14.8. The van der Waals surface area contributed by atoms with Crippen LogP contribution in [0.3, 0.4) is 0 Å². The van der Waals surface area contributed by atoms with E-state index in [2.05, 4.69) is 0 Å². The summed E-state index contributed by atoms with van der Waals surface area (Å²) in [6.45, 7) is 6.00. The molecule has 0 radical (unpaired) electrons. The third-order valence-electron chi connectivity index (χ3n) is 2.80. The molecule has 0 aromatic heterocycles. The third kappa shape index (κ3) is 3.91. The highest BCUT2D eigenvalue weighted by Gasteiger charge is 2.21. The SMILES string of the molecule is CC(C)(C)c1cc(Cl)cc(CCCC(=O)O)c1O. The summed E-state index contributed by atoms with van der Waals surface area (Å²) in [7, 11) is 0. The molecule has 18 heavy (non-hydrogen) atoms. The van der Waals surface area contributed by atoms with Gasteiger partial charge in [-0.15, -0.1) is 0 Å². The molecule has 3 nitrogen and oxygen atoms in total. The zero-order chi connectivity index (χ0) is 13.9. The number of rotatable bonds is 4. The number of aliphatic carboxylic acids is 1. The molecule has 2 N–H and O–H groups in total. The van der Waals surface area contributed by atoms with Gasteiger partial charge in [0.1, 0.15) is 5.75 Å². The number of aryl methyl sites for hydroxylation is 1. The number of halogens is 1. The number of benzene rings is 1. The number of hydrogen-bond donors (Lipinski definition) is 2. The Bertz CT molecular complexity index is 447. The molecule has 0 saturated heterocycles. The van der Waals surface area contributed by atoms with Crippen molar-refractivity contribution in [2.75, 3.05) is 0 Å². The monoisotopic (exact) mass is 270 g/mol. The fourth-order valence-electron chi connectivity index (χ4n) is 1.85. The van der Waals surface area contributed by atoms with E-state index in [9.17, 15) is 9.90 Å². The molecule has 1 aromatic carbocycles. The molecule has 0 aliphatic heterocycles. The molecule has 0 unspecified atom stereocenters. The average molecular weight is 271 g/mol. The molecule has 0 fully saturated rings. The maximum absolute atomic E-state index is 10.5. The number of hydrogen-bond acceptors (Lipinski definition) is 2. The van der Waals surface area contributed by atoms with Crippen LogP contribution in [-0.2, 0) is 16.6 Å². The molecule has 0 atom stereocenters. The minimum absolute atomic E-state index is 0.0941. The lowest BCUT2D eigenvalue weighted by Gasteiger charge is -2.22. The van der Waals surface area contributed by atoms with Crippen LogP contribution in [0.2, 0.25) is 5.02 Å². The van der Waals surface area contributed by atoms with Crippen molar-refractivity contribution in [1.82, 2.24) is 0 Å². The van der Waals surface area contributed by atoms with Gasteiger partial charge in [-0.25, -0.2) is 0 Å². The lowest BCUT2D eigenvalue weighted by Crippen LogP contribution is -2.12. The Balaban J connectivity index is 2.99. The largest absolute Gasteiger partial charge is 0.507 e. The summed E-state index contributed by atoms with van der Waals surface area (Å²) in [6, 6.07) is 3.46. The van der Waals surface area contributed by atoms with Crippen molar-refractivity contribution in [2.24, 2.45) is 0 Å². The summed E-state index contributed by atoms with van der Waals surface area (Å²) in [5.41, 5.74) is 1.31. The van der Waals surface area contributed by atoms with E-state index in [0.717, 1.165) is 5.56 Å². The van der Waals surface area contributed by atoms with Gasteiger partial charge < -0.3 is 10.2 Å². The average Bonchev–Trinajstić information content (AvgIpc) is 2.20. The Morgan fingerprint density at radius 2 is 1.94 bits per heavy atom. The van der Waals surface area contributed by atoms with Crippen LogP contribution in [0.25, 0.3) is 0 Å². The van der Waals surface area contributed by atoms with Crippen molar-refractivity contribution >= 4 is 17.6 Å². The minimum atomic E-state index is -0.826. The maximum atomic E-state index is 10.5. The van der Waals surface area contributed by atoms with Crippen molar-refractivity contribution < 1.29 is 15.0 Å². The summed E-state index contributed by atoms with van der Waals surface area (Å²) < 4.78 is 0. The Labute approximate surface area is 112 Å². The van der Waals surface area contributed by atoms with Crippen LogP contribution in [0.4, 0.5) is 0 Å². The van der Waals surface area contributed by atoms with E-state index < -0.39 is 5.97 Å². The fourth-order valence-corrected chi connectivity index (χ4v) is 2.09. The zero-order valence-corrected chi connectivity index (χ0v) is 11.7. The lowest BCUT2D eigenvalue weighted by atomic mass is 9.84. The molecular weight excluding hydrogens is 252 g/mol. The van der Waals surface area contributed by atoms with E-state index in [1.165, 1.54) is 0 Å². The van der Waals surface area contributed by atoms with E-state index >= 15 is 0 Å². The van der Waals surface area contributed by atoms with Crippen molar-refractivity contribution in [3.63, 3.8) is 0 Å². The predicted molar refractivity (Wildman–Crippen MR) is 72.4 cm³/mol. The van der Waals surface area contributed by atoms with Crippen LogP contribution in [0, 0.1) is 0 Å². The van der Waals surface area contributed by atoms with Gasteiger partial charge in [-0.2, -0.15) is 0 Å². The highest BCUT2D eigenvalue weighted by Crippen LogP contribution is 2.36. The Hall–Kier alpha value is -1.22. The molecule has 0 aliphatic rings. The first-order chi connectivity index (χ1) is 8.21. The van der Waals surface area contributed by atoms with Crippen molar-refractivity contribution in [3.05, 3.63) is 28.3 Å². The minimum Gasteiger partial charge on any atom is -0.507 e. The van der Waals surface area contributed by atoms with Gasteiger partial charge in [0, 0.05) is 17.0 Å². The zero-order valence-electron chi connectivity index (χ0n) is 11.0. The van der Waals surface area contributed by atoms with E-state index in [1.807, 2.05) is 20.8 Å². The molecular formula is C14H19ClO3. The smallest absolute Gasteiger partial charge is 0.303 e. The lowest BCUT2D eigenvalue weighted by molar-refractivity contribution is -0.137. The van der Waals surface area contributed by atoms with Gasteiger partial charge in [0.05, 0.1) is 0 Å². The van der Waals surface area contributed by atoms with Gasteiger partial charge in [0.15, 0.2) is 0 Å². The predicted octanol–water partition coefficient (Wildman–Crippen LogP) is 3.75. The molecule has 1 rings (SSSR count). The van der Waals surface area contributed by atoms with Crippen LogP contribution in [-0.4, -0.2) is 16.2 Å². The molecule has 0 spiro atoms. The molecule has 0 aliphatic carbocycles. The van der Waals surface area contributed by atoms with Crippen molar-refractivity contribution in [1.29, 1.82) is 0 Å². The summed E-state index contributed by atoms with van der Waals surface area (Å²) >= 11 is 6.04. The summed E-state index contributed by atoms with van der Waals surface area (Å²) in [4.78, 5) is 10.5. The molecule has 100 valence electrons.